The molecule has 2 N–H and O–H groups in total. The van der Waals surface area contributed by atoms with Gasteiger partial charge in [-0.25, -0.2) is 9.78 Å². The van der Waals surface area contributed by atoms with E-state index in [-0.39, 0.29) is 0 Å². The number of amides is 1. The van der Waals surface area contributed by atoms with Crippen molar-refractivity contribution in [2.24, 2.45) is 0 Å². The Balaban J connectivity index is 1.73. The highest BCUT2D eigenvalue weighted by Gasteiger charge is 2.30. The maximum atomic E-state index is 12.3. The predicted molar refractivity (Wildman–Crippen MR) is 150 cm³/mol. The average Bonchev–Trinajstić information content (AvgIpc) is 3.41. The third-order valence-electron chi connectivity index (χ3n) is 6.69. The maximum Gasteiger partial charge on any atom is 0.412 e. The molecule has 0 spiro atoms. The standard InChI is InChI=1S/C30H33N5O2/c1-17(2)26-23-14-20(8-9-24(23)33-27(26)21-12-18(3)32-19(4)13-21)22-15-25(28-31-10-11-34(28)16-22)35(29(36)37)30(5,6)7/h8-17,33H,1-7H3,(H,36,37). The fraction of sp³-hybridized carbons (Fsp3) is 0.300. The number of carboxylic acid groups (broad SMARTS) is 1. The third kappa shape index (κ3) is 4.35. The van der Waals surface area contributed by atoms with E-state index >= 15 is 0 Å². The second kappa shape index (κ2) is 8.76. The van der Waals surface area contributed by atoms with Crippen molar-refractivity contribution >= 4 is 28.3 Å². The Labute approximate surface area is 216 Å². The van der Waals surface area contributed by atoms with E-state index in [9.17, 15) is 9.90 Å². The van der Waals surface area contributed by atoms with Gasteiger partial charge in [0.15, 0.2) is 5.65 Å². The van der Waals surface area contributed by atoms with Gasteiger partial charge in [0.1, 0.15) is 0 Å². The van der Waals surface area contributed by atoms with Crippen molar-refractivity contribution < 1.29 is 9.90 Å². The minimum absolute atomic E-state index is 0.294. The Hall–Kier alpha value is -4.13. The number of H-pyrrole nitrogens is 1. The van der Waals surface area contributed by atoms with Crippen LogP contribution < -0.4 is 4.90 Å². The highest BCUT2D eigenvalue weighted by Crippen LogP contribution is 2.39. The van der Waals surface area contributed by atoms with Gasteiger partial charge in [-0.05, 0) is 82.0 Å². The van der Waals surface area contributed by atoms with Crippen LogP contribution in [-0.2, 0) is 0 Å². The summed E-state index contributed by atoms with van der Waals surface area (Å²) in [7, 11) is 0. The van der Waals surface area contributed by atoms with Crippen LogP contribution in [0.2, 0.25) is 0 Å². The van der Waals surface area contributed by atoms with Gasteiger partial charge in [0.2, 0.25) is 0 Å². The minimum atomic E-state index is -1.01. The highest BCUT2D eigenvalue weighted by molar-refractivity contribution is 5.96. The summed E-state index contributed by atoms with van der Waals surface area (Å²) in [6.07, 6.45) is 4.55. The summed E-state index contributed by atoms with van der Waals surface area (Å²) in [5, 5.41) is 11.2. The van der Waals surface area contributed by atoms with Crippen molar-refractivity contribution in [3.63, 3.8) is 0 Å². The van der Waals surface area contributed by atoms with Gasteiger partial charge < -0.3 is 14.5 Å². The first-order valence-electron chi connectivity index (χ1n) is 12.6. The Kier molecular flexibility index (Phi) is 5.82. The molecule has 0 aliphatic heterocycles. The second-order valence-corrected chi connectivity index (χ2v) is 11.0. The lowest BCUT2D eigenvalue weighted by molar-refractivity contribution is 0.195. The van der Waals surface area contributed by atoms with E-state index in [0.29, 0.717) is 17.3 Å². The molecule has 5 rings (SSSR count). The number of pyridine rings is 2. The molecule has 0 aliphatic rings. The number of rotatable bonds is 4. The normalized spacial score (nSPS) is 12.1. The number of anilines is 1. The summed E-state index contributed by atoms with van der Waals surface area (Å²) < 4.78 is 1.89. The number of aromatic amines is 1. The first-order valence-corrected chi connectivity index (χ1v) is 12.6. The van der Waals surface area contributed by atoms with E-state index in [4.69, 9.17) is 0 Å². The monoisotopic (exact) mass is 495 g/mol. The van der Waals surface area contributed by atoms with Crippen LogP contribution in [0.4, 0.5) is 10.5 Å². The molecule has 1 aromatic carbocycles. The minimum Gasteiger partial charge on any atom is -0.465 e. The number of hydrogen-bond acceptors (Lipinski definition) is 3. The number of fused-ring (bicyclic) bond motifs is 2. The van der Waals surface area contributed by atoms with Crippen LogP contribution in [0.15, 0.2) is 55.0 Å². The first kappa shape index (κ1) is 24.6. The average molecular weight is 496 g/mol. The van der Waals surface area contributed by atoms with Crippen molar-refractivity contribution in [1.82, 2.24) is 19.4 Å². The van der Waals surface area contributed by atoms with E-state index in [2.05, 4.69) is 59.1 Å². The van der Waals surface area contributed by atoms with E-state index < -0.39 is 11.6 Å². The van der Waals surface area contributed by atoms with E-state index in [0.717, 1.165) is 44.7 Å². The number of carbonyl (C=O) groups is 1. The van der Waals surface area contributed by atoms with Crippen molar-refractivity contribution in [3.8, 4) is 22.4 Å². The van der Waals surface area contributed by atoms with Gasteiger partial charge in [0, 0.05) is 57.5 Å². The summed E-state index contributed by atoms with van der Waals surface area (Å²) in [5.74, 6) is 0.294. The van der Waals surface area contributed by atoms with Crippen LogP contribution in [0.5, 0.6) is 0 Å². The Morgan fingerprint density at radius 3 is 2.35 bits per heavy atom. The van der Waals surface area contributed by atoms with E-state index in [1.807, 2.05) is 57.5 Å². The zero-order valence-electron chi connectivity index (χ0n) is 22.4. The van der Waals surface area contributed by atoms with Crippen LogP contribution in [0.25, 0.3) is 38.9 Å². The van der Waals surface area contributed by atoms with Gasteiger partial charge in [-0.2, -0.15) is 0 Å². The summed E-state index contributed by atoms with van der Waals surface area (Å²) in [6.45, 7) is 14.1. The van der Waals surface area contributed by atoms with Gasteiger partial charge in [0.25, 0.3) is 0 Å². The van der Waals surface area contributed by atoms with Crippen LogP contribution >= 0.6 is 0 Å². The molecule has 0 saturated heterocycles. The summed E-state index contributed by atoms with van der Waals surface area (Å²) >= 11 is 0. The van der Waals surface area contributed by atoms with Crippen LogP contribution in [-0.4, -0.2) is 36.1 Å². The van der Waals surface area contributed by atoms with Crippen LogP contribution in [0.1, 0.15) is 57.5 Å². The first-order chi connectivity index (χ1) is 17.4. The molecule has 4 heterocycles. The van der Waals surface area contributed by atoms with Gasteiger partial charge in [-0.1, -0.05) is 19.9 Å². The van der Waals surface area contributed by atoms with Gasteiger partial charge in [-0.15, -0.1) is 0 Å². The third-order valence-corrected chi connectivity index (χ3v) is 6.69. The molecular formula is C30H33N5O2. The van der Waals surface area contributed by atoms with Crippen molar-refractivity contribution in [2.45, 2.75) is 59.9 Å². The van der Waals surface area contributed by atoms with Gasteiger partial charge >= 0.3 is 6.09 Å². The molecule has 0 fully saturated rings. The summed E-state index contributed by atoms with van der Waals surface area (Å²) in [4.78, 5) is 26.4. The molecule has 0 aliphatic carbocycles. The topological polar surface area (TPSA) is 86.5 Å². The number of hydrogen-bond donors (Lipinski definition) is 2. The molecule has 0 atom stereocenters. The Morgan fingerprint density at radius 2 is 1.73 bits per heavy atom. The zero-order chi connectivity index (χ0) is 26.6. The van der Waals surface area contributed by atoms with E-state index in [1.165, 1.54) is 10.5 Å². The summed E-state index contributed by atoms with van der Waals surface area (Å²) in [6, 6.07) is 12.6. The quantitative estimate of drug-likeness (QED) is 0.269. The van der Waals surface area contributed by atoms with E-state index in [1.54, 1.807) is 6.20 Å². The maximum absolute atomic E-state index is 12.3. The number of imidazole rings is 1. The Bertz CT molecular complexity index is 1630. The molecule has 5 aromatic rings. The SMILES string of the molecule is Cc1cc(-c2[nH]c3ccc(-c4cc(N(C(=O)O)C(C)(C)C)c5nccn5c4)cc3c2C(C)C)cc(C)n1. The highest BCUT2D eigenvalue weighted by atomic mass is 16.4. The number of benzene rings is 1. The summed E-state index contributed by atoms with van der Waals surface area (Å²) in [5.41, 5.74) is 9.03. The molecular weight excluding hydrogens is 462 g/mol. The number of nitrogens with one attached hydrogen (secondary N) is 1. The molecule has 7 nitrogen and oxygen atoms in total. The second-order valence-electron chi connectivity index (χ2n) is 11.0. The lowest BCUT2D eigenvalue weighted by atomic mass is 9.94. The number of aromatic nitrogens is 4. The van der Waals surface area contributed by atoms with Crippen LogP contribution in [0.3, 0.4) is 0 Å². The molecule has 37 heavy (non-hydrogen) atoms. The lowest BCUT2D eigenvalue weighted by Crippen LogP contribution is -2.45. The van der Waals surface area contributed by atoms with Crippen molar-refractivity contribution in [1.29, 1.82) is 0 Å². The zero-order valence-corrected chi connectivity index (χ0v) is 22.4. The molecule has 0 radical (unpaired) electrons. The lowest BCUT2D eigenvalue weighted by Gasteiger charge is -2.33. The molecule has 190 valence electrons. The number of aryl methyl sites for hydroxylation is 2. The van der Waals surface area contributed by atoms with Crippen molar-refractivity contribution in [3.05, 3.63) is 71.9 Å². The fourth-order valence-corrected chi connectivity index (χ4v) is 5.29. The van der Waals surface area contributed by atoms with Gasteiger partial charge in [-0.3, -0.25) is 9.88 Å². The fourth-order valence-electron chi connectivity index (χ4n) is 5.29. The molecule has 0 bridgehead atoms. The molecule has 0 unspecified atom stereocenters. The smallest absolute Gasteiger partial charge is 0.412 e. The van der Waals surface area contributed by atoms with Crippen molar-refractivity contribution in [2.75, 3.05) is 4.90 Å². The predicted octanol–water partition coefficient (Wildman–Crippen LogP) is 7.57. The number of nitrogens with zero attached hydrogens (tertiary/aromatic N) is 4. The molecule has 1 amide bonds. The molecule has 7 heteroatoms. The Morgan fingerprint density at radius 1 is 1.03 bits per heavy atom. The van der Waals surface area contributed by atoms with Gasteiger partial charge in [0.05, 0.1) is 11.4 Å². The van der Waals surface area contributed by atoms with Crippen LogP contribution in [0, 0.1) is 13.8 Å². The largest absolute Gasteiger partial charge is 0.465 e. The molecule has 4 aromatic heterocycles. The molecule has 0 saturated carbocycles.